The van der Waals surface area contributed by atoms with E-state index in [0.717, 1.165) is 30.4 Å². The van der Waals surface area contributed by atoms with Gasteiger partial charge in [0.1, 0.15) is 11.6 Å². The summed E-state index contributed by atoms with van der Waals surface area (Å²) in [5, 5.41) is 3.07. The summed E-state index contributed by atoms with van der Waals surface area (Å²) in [4.78, 5) is 4.19. The second-order valence-corrected chi connectivity index (χ2v) is 5.87. The highest BCUT2D eigenvalue weighted by molar-refractivity contribution is 14.0. The molecule has 0 bridgehead atoms. The van der Waals surface area contributed by atoms with Gasteiger partial charge < -0.3 is 11.1 Å². The van der Waals surface area contributed by atoms with Crippen molar-refractivity contribution in [1.29, 1.82) is 0 Å². The maximum Gasteiger partial charge on any atom is 0.193 e. The summed E-state index contributed by atoms with van der Waals surface area (Å²) in [7, 11) is 0. The van der Waals surface area contributed by atoms with Gasteiger partial charge in [-0.05, 0) is 30.7 Å². The second-order valence-electron chi connectivity index (χ2n) is 4.46. The van der Waals surface area contributed by atoms with Gasteiger partial charge in [-0.2, -0.15) is 11.8 Å². The maximum absolute atomic E-state index is 13.4. The Labute approximate surface area is 138 Å². The summed E-state index contributed by atoms with van der Waals surface area (Å²) in [6.07, 6.45) is 3.61. The molecule has 3 nitrogen and oxygen atoms in total. The van der Waals surface area contributed by atoms with Gasteiger partial charge in [0.15, 0.2) is 5.96 Å². The molecular formula is C13H18F2IN3S. The zero-order valence-corrected chi connectivity index (χ0v) is 14.1. The average molecular weight is 413 g/mol. The number of rotatable bonds is 3. The lowest BCUT2D eigenvalue weighted by Crippen LogP contribution is -2.25. The van der Waals surface area contributed by atoms with Crippen LogP contribution in [-0.2, 0) is 0 Å². The summed E-state index contributed by atoms with van der Waals surface area (Å²) in [5.74, 6) is 0.216. The summed E-state index contributed by atoms with van der Waals surface area (Å²) in [6.45, 7) is 0.612. The fourth-order valence-corrected chi connectivity index (χ4v) is 3.14. The number of benzene rings is 1. The monoisotopic (exact) mass is 413 g/mol. The molecule has 1 heterocycles. The number of hydrogen-bond donors (Lipinski definition) is 2. The van der Waals surface area contributed by atoms with Gasteiger partial charge in [0.2, 0.25) is 0 Å². The van der Waals surface area contributed by atoms with E-state index < -0.39 is 11.6 Å². The molecule has 1 atom stereocenters. The first-order valence-corrected chi connectivity index (χ1v) is 7.33. The van der Waals surface area contributed by atoms with Gasteiger partial charge in [0, 0.05) is 11.3 Å². The van der Waals surface area contributed by atoms with Crippen LogP contribution in [0.4, 0.5) is 14.5 Å². The van der Waals surface area contributed by atoms with Gasteiger partial charge in [0.25, 0.3) is 0 Å². The molecule has 0 radical (unpaired) electrons. The van der Waals surface area contributed by atoms with Crippen molar-refractivity contribution in [2.45, 2.75) is 24.5 Å². The normalized spacial score (nSPS) is 19.3. The first kappa shape index (κ1) is 17.5. The summed E-state index contributed by atoms with van der Waals surface area (Å²) >= 11 is 1.89. The molecule has 1 aromatic carbocycles. The van der Waals surface area contributed by atoms with Crippen molar-refractivity contribution in [3.8, 4) is 0 Å². The van der Waals surface area contributed by atoms with E-state index in [1.807, 2.05) is 11.8 Å². The molecule has 0 spiro atoms. The van der Waals surface area contributed by atoms with Crippen molar-refractivity contribution >= 4 is 47.4 Å². The van der Waals surface area contributed by atoms with Gasteiger partial charge in [-0.25, -0.2) is 8.78 Å². The van der Waals surface area contributed by atoms with Crippen LogP contribution in [0.15, 0.2) is 23.2 Å². The van der Waals surface area contributed by atoms with Crippen molar-refractivity contribution in [1.82, 2.24) is 0 Å². The van der Waals surface area contributed by atoms with Crippen molar-refractivity contribution < 1.29 is 8.78 Å². The molecule has 2 rings (SSSR count). The highest BCUT2D eigenvalue weighted by Crippen LogP contribution is 2.25. The van der Waals surface area contributed by atoms with Crippen molar-refractivity contribution in [2.24, 2.45) is 10.7 Å². The number of halogens is 3. The number of nitrogens with zero attached hydrogens (tertiary/aromatic N) is 1. The lowest BCUT2D eigenvalue weighted by molar-refractivity contribution is 0.604. The molecule has 0 saturated carbocycles. The average Bonchev–Trinajstić information content (AvgIpc) is 2.42. The maximum atomic E-state index is 13.4. The van der Waals surface area contributed by atoms with Crippen LogP contribution in [0.25, 0.3) is 0 Å². The van der Waals surface area contributed by atoms with E-state index in [1.54, 1.807) is 0 Å². The Hall–Kier alpha value is -0.570. The van der Waals surface area contributed by atoms with Crippen LogP contribution in [-0.4, -0.2) is 23.5 Å². The molecule has 0 aliphatic carbocycles. The van der Waals surface area contributed by atoms with E-state index in [9.17, 15) is 8.78 Å². The van der Waals surface area contributed by atoms with E-state index in [0.29, 0.717) is 11.8 Å². The van der Waals surface area contributed by atoms with Crippen LogP contribution in [0.3, 0.4) is 0 Å². The highest BCUT2D eigenvalue weighted by Gasteiger charge is 2.13. The number of anilines is 1. The Balaban J connectivity index is 0.00000200. The minimum Gasteiger partial charge on any atom is -0.370 e. The predicted octanol–water partition coefficient (Wildman–Crippen LogP) is 3.60. The third kappa shape index (κ3) is 5.43. The Bertz CT molecular complexity index is 465. The van der Waals surface area contributed by atoms with Crippen LogP contribution < -0.4 is 11.1 Å². The number of nitrogens with one attached hydrogen (secondary N) is 1. The third-order valence-corrected chi connectivity index (χ3v) is 4.31. The SMILES string of the molecule is I.NC(=NCC1CCCCS1)Nc1cc(F)ccc1F. The van der Waals surface area contributed by atoms with Gasteiger partial charge in [-0.15, -0.1) is 24.0 Å². The Morgan fingerprint density at radius 2 is 2.20 bits per heavy atom. The fraction of sp³-hybridized carbons (Fsp3) is 0.462. The van der Waals surface area contributed by atoms with Gasteiger partial charge in [-0.1, -0.05) is 6.42 Å². The topological polar surface area (TPSA) is 50.4 Å². The van der Waals surface area contributed by atoms with Gasteiger partial charge >= 0.3 is 0 Å². The molecule has 112 valence electrons. The minimum atomic E-state index is -0.549. The smallest absolute Gasteiger partial charge is 0.193 e. The molecule has 20 heavy (non-hydrogen) atoms. The number of thioether (sulfide) groups is 1. The fourth-order valence-electron chi connectivity index (χ4n) is 1.92. The van der Waals surface area contributed by atoms with Crippen molar-refractivity contribution in [3.63, 3.8) is 0 Å². The Morgan fingerprint density at radius 1 is 1.40 bits per heavy atom. The number of guanidine groups is 1. The quantitative estimate of drug-likeness (QED) is 0.453. The molecular weight excluding hydrogens is 395 g/mol. The second kappa shape index (κ2) is 8.66. The van der Waals surface area contributed by atoms with Crippen molar-refractivity contribution in [3.05, 3.63) is 29.8 Å². The molecule has 1 aliphatic rings. The van der Waals surface area contributed by atoms with E-state index in [2.05, 4.69) is 10.3 Å². The lowest BCUT2D eigenvalue weighted by atomic mass is 10.2. The van der Waals surface area contributed by atoms with Crippen molar-refractivity contribution in [2.75, 3.05) is 17.6 Å². The van der Waals surface area contributed by atoms with Crippen LogP contribution in [0, 0.1) is 11.6 Å². The van der Waals surface area contributed by atoms with E-state index in [1.165, 1.54) is 12.8 Å². The minimum absolute atomic E-state index is 0. The molecule has 1 fully saturated rings. The summed E-state index contributed by atoms with van der Waals surface area (Å²) in [6, 6.07) is 3.18. The van der Waals surface area contributed by atoms with Crippen LogP contribution >= 0.6 is 35.7 Å². The van der Waals surface area contributed by atoms with Crippen LogP contribution in [0.2, 0.25) is 0 Å². The van der Waals surface area contributed by atoms with Crippen LogP contribution in [0.5, 0.6) is 0 Å². The van der Waals surface area contributed by atoms with E-state index in [-0.39, 0.29) is 35.6 Å². The van der Waals surface area contributed by atoms with Crippen LogP contribution in [0.1, 0.15) is 19.3 Å². The molecule has 3 N–H and O–H groups in total. The number of nitrogens with two attached hydrogens (primary N) is 1. The molecule has 1 unspecified atom stereocenters. The predicted molar refractivity (Wildman–Crippen MR) is 92.0 cm³/mol. The lowest BCUT2D eigenvalue weighted by Gasteiger charge is -2.19. The molecule has 1 saturated heterocycles. The number of hydrogen-bond acceptors (Lipinski definition) is 2. The molecule has 0 aromatic heterocycles. The summed E-state index contributed by atoms with van der Waals surface area (Å²) in [5.41, 5.74) is 5.69. The standard InChI is InChI=1S/C13H17F2N3S.HI/c14-9-4-5-11(15)12(7-9)18-13(16)17-8-10-3-1-2-6-19-10;/h4-5,7,10H,1-3,6,8H2,(H3,16,17,18);1H. The zero-order chi connectivity index (χ0) is 13.7. The number of aliphatic imine (C=N–C) groups is 1. The zero-order valence-electron chi connectivity index (χ0n) is 10.9. The Morgan fingerprint density at radius 3 is 2.90 bits per heavy atom. The van der Waals surface area contributed by atoms with E-state index in [4.69, 9.17) is 5.73 Å². The van der Waals surface area contributed by atoms with Gasteiger partial charge in [-0.3, -0.25) is 4.99 Å². The highest BCUT2D eigenvalue weighted by atomic mass is 127. The summed E-state index contributed by atoms with van der Waals surface area (Å²) < 4.78 is 26.4. The largest absolute Gasteiger partial charge is 0.370 e. The third-order valence-electron chi connectivity index (χ3n) is 2.93. The molecule has 1 aliphatic heterocycles. The molecule has 0 amide bonds. The Kier molecular flexibility index (Phi) is 7.57. The first-order valence-electron chi connectivity index (χ1n) is 6.29. The first-order chi connectivity index (χ1) is 9.15. The van der Waals surface area contributed by atoms with Gasteiger partial charge in [0.05, 0.1) is 12.2 Å². The van der Waals surface area contributed by atoms with E-state index >= 15 is 0 Å². The molecule has 1 aromatic rings. The molecule has 7 heteroatoms.